The predicted octanol–water partition coefficient (Wildman–Crippen LogP) is 2.65. The van der Waals surface area contributed by atoms with Gasteiger partial charge in [-0.05, 0) is 11.2 Å². The summed E-state index contributed by atoms with van der Waals surface area (Å²) in [6.07, 6.45) is 0. The Morgan fingerprint density at radius 3 is 2.62 bits per heavy atom. The van der Waals surface area contributed by atoms with E-state index in [1.807, 2.05) is 38.1 Å². The first-order chi connectivity index (χ1) is 5.77. The quantitative estimate of drug-likeness (QED) is 0.650. The Morgan fingerprint density at radius 2 is 1.85 bits per heavy atom. The molecule has 1 heterocycles. The average Bonchev–Trinajstić information content (AvgIpc) is 2.07. The number of para-hydroxylation sites is 1. The van der Waals surface area contributed by atoms with Crippen molar-refractivity contribution in [3.63, 3.8) is 0 Å². The molecule has 0 unspecified atom stereocenters. The molecule has 0 atom stereocenters. The zero-order valence-electron chi connectivity index (χ0n) is 7.83. The minimum absolute atomic E-state index is 0. The zero-order valence-corrected chi connectivity index (χ0v) is 10.7. The maximum Gasteiger partial charge on any atom is 0 e. The molecule has 0 fully saturated rings. The van der Waals surface area contributed by atoms with Crippen LogP contribution < -0.4 is 0 Å². The van der Waals surface area contributed by atoms with Gasteiger partial charge in [-0.2, -0.15) is 0 Å². The van der Waals surface area contributed by atoms with Crippen LogP contribution in [0.2, 0.25) is 0 Å². The van der Waals surface area contributed by atoms with Crippen molar-refractivity contribution in [1.29, 1.82) is 0 Å². The Bertz CT molecular complexity index is 383. The second-order valence-electron chi connectivity index (χ2n) is 2.96. The molecule has 0 N–H and O–H groups in total. The van der Waals surface area contributed by atoms with E-state index < -0.39 is 0 Å². The number of hydrogen-bond donors (Lipinski definition) is 0. The topological polar surface area (TPSA) is 12.9 Å². The van der Waals surface area contributed by atoms with E-state index in [1.54, 1.807) is 0 Å². The molecule has 0 aliphatic rings. The fourth-order valence-electron chi connectivity index (χ4n) is 1.23. The van der Waals surface area contributed by atoms with Crippen molar-refractivity contribution >= 4 is 10.9 Å². The van der Waals surface area contributed by atoms with E-state index in [4.69, 9.17) is 0 Å². The maximum absolute atomic E-state index is 4.44. The first-order valence-corrected chi connectivity index (χ1v) is 4.02. The molecule has 2 rings (SSSR count). The van der Waals surface area contributed by atoms with E-state index in [0.717, 1.165) is 22.2 Å². The largest absolute Gasteiger partial charge is 0.349 e. The van der Waals surface area contributed by atoms with E-state index in [1.165, 1.54) is 0 Å². The predicted molar refractivity (Wildman–Crippen MR) is 50.1 cm³/mol. The molecular weight excluding hydrogens is 235 g/mol. The van der Waals surface area contributed by atoms with Gasteiger partial charge in [0.15, 0.2) is 0 Å². The summed E-state index contributed by atoms with van der Waals surface area (Å²) in [6, 6.07) is 11.4. The van der Waals surface area contributed by atoms with Gasteiger partial charge in [0.25, 0.3) is 0 Å². The number of pyridine rings is 1. The molecule has 0 aliphatic carbocycles. The van der Waals surface area contributed by atoms with Crippen molar-refractivity contribution in [1.82, 2.24) is 4.98 Å². The van der Waals surface area contributed by atoms with E-state index >= 15 is 0 Å². The molecule has 1 aromatic carbocycles. The van der Waals surface area contributed by atoms with Crippen molar-refractivity contribution in [3.05, 3.63) is 41.6 Å². The van der Waals surface area contributed by atoms with Gasteiger partial charge in [-0.1, -0.05) is 26.0 Å². The molecule has 0 spiro atoms. The van der Waals surface area contributed by atoms with Crippen LogP contribution >= 0.6 is 0 Å². The Labute approximate surface area is 103 Å². The summed E-state index contributed by atoms with van der Waals surface area (Å²) in [4.78, 5) is 4.44. The molecule has 1 radical (unpaired) electrons. The summed E-state index contributed by atoms with van der Waals surface area (Å²) in [5.74, 6) is 0. The number of aromatic nitrogens is 1. The van der Waals surface area contributed by atoms with Gasteiger partial charge in [0.2, 0.25) is 0 Å². The molecule has 63 valence electrons. The zero-order chi connectivity index (χ0) is 8.55. The van der Waals surface area contributed by atoms with Gasteiger partial charge in [0.05, 0.1) is 0 Å². The van der Waals surface area contributed by atoms with E-state index in [2.05, 4.69) is 11.1 Å². The number of benzene rings is 1. The smallest absolute Gasteiger partial charge is 0 e. The first-order valence-electron chi connectivity index (χ1n) is 4.02. The summed E-state index contributed by atoms with van der Waals surface area (Å²) >= 11 is 0. The summed E-state index contributed by atoms with van der Waals surface area (Å²) < 4.78 is 0. The molecule has 2 heteroatoms. The third-order valence-electron chi connectivity index (χ3n) is 2.06. The minimum Gasteiger partial charge on any atom is -0.349 e. The summed E-state index contributed by atoms with van der Waals surface area (Å²) in [7, 11) is 0. The molecule has 0 saturated heterocycles. The van der Waals surface area contributed by atoms with Gasteiger partial charge in [-0.25, -0.2) is 0 Å². The van der Waals surface area contributed by atoms with Gasteiger partial charge in [0.1, 0.15) is 0 Å². The molecule has 1 aromatic heterocycles. The average molecular weight is 245 g/mol. The first kappa shape index (κ1) is 10.8. The van der Waals surface area contributed by atoms with Crippen LogP contribution in [0.3, 0.4) is 0 Å². The standard InChI is InChI=1S/C11H10N.Y/c1-8-7-10-5-3-4-6-11(10)12-9(8)2;/h3-6H,1-2H3;/q-1;. The van der Waals surface area contributed by atoms with E-state index in [9.17, 15) is 0 Å². The summed E-state index contributed by atoms with van der Waals surface area (Å²) in [6.45, 7) is 4.05. The fraction of sp³-hybridized carbons (Fsp3) is 0.182. The second kappa shape index (κ2) is 4.30. The van der Waals surface area contributed by atoms with Crippen molar-refractivity contribution in [2.45, 2.75) is 13.8 Å². The van der Waals surface area contributed by atoms with Crippen LogP contribution in [0.15, 0.2) is 24.3 Å². The van der Waals surface area contributed by atoms with Crippen LogP contribution in [-0.4, -0.2) is 4.98 Å². The van der Waals surface area contributed by atoms with E-state index in [0.29, 0.717) is 0 Å². The number of rotatable bonds is 0. The molecule has 13 heavy (non-hydrogen) atoms. The number of aryl methyl sites for hydroxylation is 2. The van der Waals surface area contributed by atoms with Gasteiger partial charge < -0.3 is 4.98 Å². The van der Waals surface area contributed by atoms with Gasteiger partial charge in [-0.3, -0.25) is 0 Å². The number of nitrogens with zero attached hydrogens (tertiary/aromatic N) is 1. The fourth-order valence-corrected chi connectivity index (χ4v) is 1.23. The van der Waals surface area contributed by atoms with Crippen LogP contribution in [0.5, 0.6) is 0 Å². The van der Waals surface area contributed by atoms with Crippen LogP contribution in [0, 0.1) is 19.9 Å². The van der Waals surface area contributed by atoms with Crippen LogP contribution in [0.1, 0.15) is 11.3 Å². The number of fused-ring (bicyclic) bond motifs is 1. The molecular formula is C11H10NY-. The van der Waals surface area contributed by atoms with E-state index in [-0.39, 0.29) is 32.7 Å². The molecule has 0 amide bonds. The Hall–Kier alpha value is -0.266. The Balaban J connectivity index is 0.000000845. The third-order valence-corrected chi connectivity index (χ3v) is 2.06. The van der Waals surface area contributed by atoms with Crippen LogP contribution in [0.4, 0.5) is 0 Å². The molecule has 0 bridgehead atoms. The third kappa shape index (κ3) is 2.15. The maximum atomic E-state index is 4.44. The number of hydrogen-bond acceptors (Lipinski definition) is 1. The van der Waals surface area contributed by atoms with Gasteiger partial charge in [-0.15, -0.1) is 29.1 Å². The SMILES string of the molecule is Cc1[c-]c2ccccc2nc1C.[Y]. The van der Waals surface area contributed by atoms with Gasteiger partial charge >= 0.3 is 0 Å². The van der Waals surface area contributed by atoms with Crippen molar-refractivity contribution in [3.8, 4) is 0 Å². The molecule has 1 nitrogen and oxygen atoms in total. The molecule has 2 aromatic rings. The Morgan fingerprint density at radius 1 is 1.15 bits per heavy atom. The Kier molecular flexibility index (Phi) is 3.58. The van der Waals surface area contributed by atoms with Gasteiger partial charge in [0, 0.05) is 32.7 Å². The minimum atomic E-state index is 0. The monoisotopic (exact) mass is 245 g/mol. The summed E-state index contributed by atoms with van der Waals surface area (Å²) in [5, 5.41) is 1.10. The molecule has 0 saturated carbocycles. The van der Waals surface area contributed by atoms with Crippen LogP contribution in [0.25, 0.3) is 10.9 Å². The second-order valence-corrected chi connectivity index (χ2v) is 2.96. The molecule has 0 aliphatic heterocycles. The summed E-state index contributed by atoms with van der Waals surface area (Å²) in [5.41, 5.74) is 3.23. The van der Waals surface area contributed by atoms with Crippen molar-refractivity contribution in [2.24, 2.45) is 0 Å². The van der Waals surface area contributed by atoms with Crippen LogP contribution in [-0.2, 0) is 32.7 Å². The normalized spacial score (nSPS) is 9.69. The van der Waals surface area contributed by atoms with Crippen molar-refractivity contribution in [2.75, 3.05) is 0 Å². The van der Waals surface area contributed by atoms with Crippen molar-refractivity contribution < 1.29 is 32.7 Å².